The Bertz CT molecular complexity index is 948. The SMILES string of the molecule is C=CCNC(=O)c1ccc(-c2ccccc2NCCc2cccc(C)c2)nc1. The normalized spacial score (nSPS) is 10.3. The third-order valence-corrected chi connectivity index (χ3v) is 4.45. The Morgan fingerprint density at radius 1 is 1.11 bits per heavy atom. The van der Waals surface area contributed by atoms with Crippen LogP contribution < -0.4 is 10.6 Å². The zero-order valence-electron chi connectivity index (χ0n) is 16.1. The molecule has 28 heavy (non-hydrogen) atoms. The van der Waals surface area contributed by atoms with Crippen LogP contribution in [0.25, 0.3) is 11.3 Å². The van der Waals surface area contributed by atoms with Gasteiger partial charge in [-0.15, -0.1) is 6.58 Å². The topological polar surface area (TPSA) is 54.0 Å². The molecular weight excluding hydrogens is 346 g/mol. The van der Waals surface area contributed by atoms with Crippen LogP contribution >= 0.6 is 0 Å². The van der Waals surface area contributed by atoms with Crippen molar-refractivity contribution in [2.24, 2.45) is 0 Å². The fraction of sp³-hybridized carbons (Fsp3) is 0.167. The van der Waals surface area contributed by atoms with E-state index in [1.807, 2.05) is 24.3 Å². The number of aromatic nitrogens is 1. The first-order chi connectivity index (χ1) is 13.7. The van der Waals surface area contributed by atoms with Crippen molar-refractivity contribution >= 4 is 11.6 Å². The summed E-state index contributed by atoms with van der Waals surface area (Å²) in [6, 6.07) is 20.3. The highest BCUT2D eigenvalue weighted by Gasteiger charge is 2.09. The molecule has 0 fully saturated rings. The lowest BCUT2D eigenvalue weighted by atomic mass is 10.1. The molecule has 0 spiro atoms. The molecule has 4 heteroatoms. The van der Waals surface area contributed by atoms with Gasteiger partial charge in [0.1, 0.15) is 0 Å². The van der Waals surface area contributed by atoms with Crippen LogP contribution in [-0.4, -0.2) is 24.0 Å². The van der Waals surface area contributed by atoms with E-state index in [9.17, 15) is 4.79 Å². The summed E-state index contributed by atoms with van der Waals surface area (Å²) >= 11 is 0. The van der Waals surface area contributed by atoms with Gasteiger partial charge in [-0.2, -0.15) is 0 Å². The summed E-state index contributed by atoms with van der Waals surface area (Å²) < 4.78 is 0. The third kappa shape index (κ3) is 5.07. The van der Waals surface area contributed by atoms with Crippen molar-refractivity contribution < 1.29 is 4.79 Å². The fourth-order valence-corrected chi connectivity index (χ4v) is 3.02. The molecule has 4 nitrogen and oxygen atoms in total. The number of pyridine rings is 1. The van der Waals surface area contributed by atoms with E-state index < -0.39 is 0 Å². The van der Waals surface area contributed by atoms with E-state index in [0.717, 1.165) is 29.9 Å². The number of carbonyl (C=O) groups excluding carboxylic acids is 1. The Kier molecular flexibility index (Phi) is 6.58. The number of anilines is 1. The molecule has 2 aromatic carbocycles. The standard InChI is InChI=1S/C24H25N3O/c1-3-14-26-24(28)20-11-12-23(27-17-20)21-9-4-5-10-22(21)25-15-13-19-8-6-7-18(2)16-19/h3-12,16-17,25H,1,13-15H2,2H3,(H,26,28). The van der Waals surface area contributed by atoms with E-state index in [-0.39, 0.29) is 5.91 Å². The number of carbonyl (C=O) groups is 1. The molecule has 0 bridgehead atoms. The lowest BCUT2D eigenvalue weighted by molar-refractivity contribution is 0.0957. The number of hydrogen-bond acceptors (Lipinski definition) is 3. The van der Waals surface area contributed by atoms with E-state index >= 15 is 0 Å². The second-order valence-corrected chi connectivity index (χ2v) is 6.64. The van der Waals surface area contributed by atoms with Crippen molar-refractivity contribution in [3.8, 4) is 11.3 Å². The van der Waals surface area contributed by atoms with Crippen LogP contribution in [0.15, 0.2) is 79.5 Å². The van der Waals surface area contributed by atoms with Gasteiger partial charge >= 0.3 is 0 Å². The van der Waals surface area contributed by atoms with Crippen LogP contribution in [-0.2, 0) is 6.42 Å². The highest BCUT2D eigenvalue weighted by Crippen LogP contribution is 2.26. The Hall–Kier alpha value is -3.40. The maximum absolute atomic E-state index is 12.0. The van der Waals surface area contributed by atoms with Gasteiger partial charge in [-0.05, 0) is 37.1 Å². The molecule has 0 atom stereocenters. The number of aryl methyl sites for hydroxylation is 1. The molecule has 0 saturated carbocycles. The summed E-state index contributed by atoms with van der Waals surface area (Å²) in [5.74, 6) is -0.150. The molecule has 0 aliphatic carbocycles. The lowest BCUT2D eigenvalue weighted by Gasteiger charge is -2.12. The number of nitrogens with zero attached hydrogens (tertiary/aromatic N) is 1. The summed E-state index contributed by atoms with van der Waals surface area (Å²) in [5.41, 5.74) is 6.02. The van der Waals surface area contributed by atoms with Crippen LogP contribution in [0.2, 0.25) is 0 Å². The first kappa shape index (κ1) is 19.4. The zero-order chi connectivity index (χ0) is 19.8. The second-order valence-electron chi connectivity index (χ2n) is 6.64. The average molecular weight is 371 g/mol. The minimum Gasteiger partial charge on any atom is -0.384 e. The number of hydrogen-bond donors (Lipinski definition) is 2. The maximum Gasteiger partial charge on any atom is 0.253 e. The molecule has 0 aliphatic rings. The molecule has 142 valence electrons. The summed E-state index contributed by atoms with van der Waals surface area (Å²) in [5, 5.41) is 6.27. The molecule has 0 radical (unpaired) electrons. The lowest BCUT2D eigenvalue weighted by Crippen LogP contribution is -2.23. The first-order valence-corrected chi connectivity index (χ1v) is 9.41. The molecule has 1 aromatic heterocycles. The van der Waals surface area contributed by atoms with Gasteiger partial charge in [-0.1, -0.05) is 54.1 Å². The van der Waals surface area contributed by atoms with Gasteiger partial charge in [-0.25, -0.2) is 0 Å². The Labute approximate surface area is 166 Å². The second kappa shape index (κ2) is 9.51. The van der Waals surface area contributed by atoms with Crippen molar-refractivity contribution in [3.63, 3.8) is 0 Å². The summed E-state index contributed by atoms with van der Waals surface area (Å²) in [4.78, 5) is 16.5. The molecule has 0 unspecified atom stereocenters. The van der Waals surface area contributed by atoms with Crippen molar-refractivity contribution in [2.45, 2.75) is 13.3 Å². The molecule has 0 aliphatic heterocycles. The Morgan fingerprint density at radius 3 is 2.71 bits per heavy atom. The molecule has 1 amide bonds. The predicted octanol–water partition coefficient (Wildman–Crippen LogP) is 4.63. The molecule has 3 rings (SSSR count). The number of para-hydroxylation sites is 1. The monoisotopic (exact) mass is 371 g/mol. The van der Waals surface area contributed by atoms with Crippen LogP contribution in [0.1, 0.15) is 21.5 Å². The van der Waals surface area contributed by atoms with Crippen LogP contribution in [0, 0.1) is 6.92 Å². The van der Waals surface area contributed by atoms with Gasteiger partial charge < -0.3 is 10.6 Å². The number of rotatable bonds is 8. The summed E-state index contributed by atoms with van der Waals surface area (Å²) in [6.07, 6.45) is 4.21. The van der Waals surface area contributed by atoms with Gasteiger partial charge in [0.05, 0.1) is 11.3 Å². The molecular formula is C24H25N3O. The maximum atomic E-state index is 12.0. The Morgan fingerprint density at radius 2 is 1.96 bits per heavy atom. The highest BCUT2D eigenvalue weighted by atomic mass is 16.1. The molecule has 0 saturated heterocycles. The minimum atomic E-state index is -0.150. The zero-order valence-corrected chi connectivity index (χ0v) is 16.1. The number of nitrogens with one attached hydrogen (secondary N) is 2. The average Bonchev–Trinajstić information content (AvgIpc) is 2.72. The van der Waals surface area contributed by atoms with Gasteiger partial charge in [0.15, 0.2) is 0 Å². The van der Waals surface area contributed by atoms with E-state index in [1.165, 1.54) is 11.1 Å². The van der Waals surface area contributed by atoms with Crippen molar-refractivity contribution in [1.82, 2.24) is 10.3 Å². The quantitative estimate of drug-likeness (QED) is 0.568. The van der Waals surface area contributed by atoms with E-state index in [0.29, 0.717) is 12.1 Å². The van der Waals surface area contributed by atoms with Crippen LogP contribution in [0.3, 0.4) is 0 Å². The van der Waals surface area contributed by atoms with Gasteiger partial charge in [-0.3, -0.25) is 9.78 Å². The highest BCUT2D eigenvalue weighted by molar-refractivity contribution is 5.94. The molecule has 1 heterocycles. The van der Waals surface area contributed by atoms with E-state index in [2.05, 4.69) is 59.5 Å². The van der Waals surface area contributed by atoms with Crippen LogP contribution in [0.5, 0.6) is 0 Å². The first-order valence-electron chi connectivity index (χ1n) is 9.41. The van der Waals surface area contributed by atoms with Gasteiger partial charge in [0.2, 0.25) is 0 Å². The largest absolute Gasteiger partial charge is 0.384 e. The summed E-state index contributed by atoms with van der Waals surface area (Å²) in [6.45, 7) is 6.99. The van der Waals surface area contributed by atoms with Gasteiger partial charge in [0.25, 0.3) is 5.91 Å². The van der Waals surface area contributed by atoms with Gasteiger partial charge in [0, 0.05) is 30.5 Å². The predicted molar refractivity (Wildman–Crippen MR) is 116 cm³/mol. The molecule has 2 N–H and O–H groups in total. The van der Waals surface area contributed by atoms with E-state index in [4.69, 9.17) is 0 Å². The third-order valence-electron chi connectivity index (χ3n) is 4.45. The van der Waals surface area contributed by atoms with Crippen LogP contribution in [0.4, 0.5) is 5.69 Å². The number of amides is 1. The smallest absolute Gasteiger partial charge is 0.253 e. The van der Waals surface area contributed by atoms with Crippen molar-refractivity contribution in [3.05, 3.63) is 96.2 Å². The summed E-state index contributed by atoms with van der Waals surface area (Å²) in [7, 11) is 0. The van der Waals surface area contributed by atoms with E-state index in [1.54, 1.807) is 18.3 Å². The fourth-order valence-electron chi connectivity index (χ4n) is 3.02. The minimum absolute atomic E-state index is 0.150. The number of benzene rings is 2. The van der Waals surface area contributed by atoms with Crippen molar-refractivity contribution in [2.75, 3.05) is 18.4 Å². The Balaban J connectivity index is 1.69. The van der Waals surface area contributed by atoms with Crippen molar-refractivity contribution in [1.29, 1.82) is 0 Å². The molecule has 3 aromatic rings.